The van der Waals surface area contributed by atoms with Crippen molar-refractivity contribution in [2.45, 2.75) is 32.9 Å². The van der Waals surface area contributed by atoms with Crippen LogP contribution in [0.15, 0.2) is 40.1 Å². The molecule has 0 radical (unpaired) electrons. The molecule has 1 aliphatic rings. The van der Waals surface area contributed by atoms with Gasteiger partial charge in [0.25, 0.3) is 5.56 Å². The number of ether oxygens (including phenoxy) is 2. The largest absolute Gasteiger partial charge is 0.490 e. The number of aromatic nitrogens is 2. The van der Waals surface area contributed by atoms with Crippen molar-refractivity contribution in [3.8, 4) is 11.5 Å². The second kappa shape index (κ2) is 8.11. The molecule has 0 bridgehead atoms. The molecule has 8 nitrogen and oxygen atoms in total. The van der Waals surface area contributed by atoms with Gasteiger partial charge in [-0.1, -0.05) is 19.9 Å². The Kier molecular flexibility index (Phi) is 5.63. The number of nitrogens with one attached hydrogen (secondary N) is 2. The number of rotatable bonds is 5. The molecule has 27 heavy (non-hydrogen) atoms. The highest BCUT2D eigenvalue weighted by atomic mass is 16.5. The van der Waals surface area contributed by atoms with Crippen LogP contribution in [-0.2, 0) is 11.3 Å². The van der Waals surface area contributed by atoms with Gasteiger partial charge in [0.1, 0.15) is 6.54 Å². The van der Waals surface area contributed by atoms with Gasteiger partial charge in [-0.15, -0.1) is 0 Å². The van der Waals surface area contributed by atoms with Gasteiger partial charge in [0, 0.05) is 18.7 Å². The number of hydrogen-bond donors (Lipinski definition) is 2. The highest BCUT2D eigenvalue weighted by Crippen LogP contribution is 2.34. The minimum Gasteiger partial charge on any atom is -0.490 e. The smallest absolute Gasteiger partial charge is 0.328 e. The van der Waals surface area contributed by atoms with Crippen molar-refractivity contribution in [2.24, 2.45) is 5.92 Å². The van der Waals surface area contributed by atoms with Crippen LogP contribution in [0.3, 0.4) is 0 Å². The van der Waals surface area contributed by atoms with Crippen LogP contribution in [0, 0.1) is 5.92 Å². The molecule has 1 atom stereocenters. The highest BCUT2D eigenvalue weighted by molar-refractivity contribution is 5.76. The lowest BCUT2D eigenvalue weighted by Gasteiger charge is -2.24. The molecule has 0 saturated carbocycles. The molecule has 2 N–H and O–H groups in total. The van der Waals surface area contributed by atoms with E-state index in [0.29, 0.717) is 24.7 Å². The lowest BCUT2D eigenvalue weighted by molar-refractivity contribution is -0.122. The van der Waals surface area contributed by atoms with Crippen LogP contribution in [0.4, 0.5) is 0 Å². The van der Waals surface area contributed by atoms with E-state index in [9.17, 15) is 14.4 Å². The first-order chi connectivity index (χ1) is 12.9. The summed E-state index contributed by atoms with van der Waals surface area (Å²) < 4.78 is 12.5. The Labute approximate surface area is 156 Å². The molecule has 0 unspecified atom stereocenters. The van der Waals surface area contributed by atoms with Crippen molar-refractivity contribution in [3.05, 3.63) is 56.9 Å². The Balaban J connectivity index is 1.77. The van der Waals surface area contributed by atoms with Crippen molar-refractivity contribution in [1.29, 1.82) is 0 Å². The van der Waals surface area contributed by atoms with Gasteiger partial charge >= 0.3 is 5.69 Å². The van der Waals surface area contributed by atoms with Crippen molar-refractivity contribution >= 4 is 5.91 Å². The van der Waals surface area contributed by atoms with Gasteiger partial charge < -0.3 is 14.8 Å². The molecular formula is C19H23N3O5. The number of carbonyl (C=O) groups excluding carboxylic acids is 1. The van der Waals surface area contributed by atoms with E-state index >= 15 is 0 Å². The third-order valence-corrected chi connectivity index (χ3v) is 4.32. The molecule has 0 saturated heterocycles. The maximum Gasteiger partial charge on any atom is 0.328 e. The Morgan fingerprint density at radius 1 is 1.19 bits per heavy atom. The monoisotopic (exact) mass is 373 g/mol. The van der Waals surface area contributed by atoms with Gasteiger partial charge in [0.2, 0.25) is 5.91 Å². The van der Waals surface area contributed by atoms with Crippen LogP contribution >= 0.6 is 0 Å². The lowest BCUT2D eigenvalue weighted by Crippen LogP contribution is -2.38. The second-order valence-electron chi connectivity index (χ2n) is 6.78. The zero-order chi connectivity index (χ0) is 19.4. The predicted molar refractivity (Wildman–Crippen MR) is 99.1 cm³/mol. The molecule has 1 amide bonds. The molecule has 144 valence electrons. The third kappa shape index (κ3) is 4.58. The number of amides is 1. The van der Waals surface area contributed by atoms with Gasteiger partial charge in [-0.2, -0.15) is 0 Å². The van der Waals surface area contributed by atoms with Gasteiger partial charge in [-0.25, -0.2) is 4.79 Å². The molecule has 8 heteroatoms. The van der Waals surface area contributed by atoms with E-state index in [1.807, 2.05) is 32.0 Å². The average molecular weight is 373 g/mol. The van der Waals surface area contributed by atoms with Crippen molar-refractivity contribution < 1.29 is 14.3 Å². The molecule has 0 spiro atoms. The van der Waals surface area contributed by atoms with E-state index in [1.165, 1.54) is 12.3 Å². The fraction of sp³-hybridized carbons (Fsp3) is 0.421. The molecule has 3 rings (SSSR count). The molecule has 1 aromatic carbocycles. The fourth-order valence-electron chi connectivity index (χ4n) is 2.95. The normalized spacial score (nSPS) is 14.5. The minimum atomic E-state index is -0.616. The van der Waals surface area contributed by atoms with Crippen LogP contribution in [0.5, 0.6) is 11.5 Å². The van der Waals surface area contributed by atoms with Crippen LogP contribution < -0.4 is 26.0 Å². The van der Waals surface area contributed by atoms with E-state index in [0.717, 1.165) is 16.6 Å². The number of fused-ring (bicyclic) bond motifs is 1. The number of hydrogen-bond acceptors (Lipinski definition) is 5. The number of carbonyl (C=O) groups is 1. The summed E-state index contributed by atoms with van der Waals surface area (Å²) in [4.78, 5) is 37.5. The van der Waals surface area contributed by atoms with E-state index in [2.05, 4.69) is 10.3 Å². The quantitative estimate of drug-likeness (QED) is 0.820. The first kappa shape index (κ1) is 18.8. The molecule has 1 aliphatic heterocycles. The first-order valence-corrected chi connectivity index (χ1v) is 8.92. The standard InChI is InChI=1S/C19H23N3O5/c1-12(2)18(13-4-5-14-15(10-13)27-9-3-8-26-14)20-17(24)11-22-7-6-16(23)21-19(22)25/h4-7,10,12,18H,3,8-9,11H2,1-2H3,(H,20,24)(H,21,23,25)/t18-/m1/s1. The third-order valence-electron chi connectivity index (χ3n) is 4.32. The number of benzene rings is 1. The summed E-state index contributed by atoms with van der Waals surface area (Å²) in [6.45, 7) is 5.03. The van der Waals surface area contributed by atoms with Gasteiger partial charge in [0.05, 0.1) is 19.3 Å². The van der Waals surface area contributed by atoms with E-state index < -0.39 is 11.2 Å². The summed E-state index contributed by atoms with van der Waals surface area (Å²) in [5, 5.41) is 2.96. The van der Waals surface area contributed by atoms with Gasteiger partial charge in [-0.05, 0) is 23.6 Å². The molecular weight excluding hydrogens is 350 g/mol. The summed E-state index contributed by atoms with van der Waals surface area (Å²) in [6.07, 6.45) is 2.13. The molecule has 2 aromatic rings. The van der Waals surface area contributed by atoms with Crippen molar-refractivity contribution in [1.82, 2.24) is 14.9 Å². The summed E-state index contributed by atoms with van der Waals surface area (Å²) in [7, 11) is 0. The zero-order valence-electron chi connectivity index (χ0n) is 15.4. The minimum absolute atomic E-state index is 0.117. The Bertz CT molecular complexity index is 931. The number of aromatic amines is 1. The summed E-state index contributed by atoms with van der Waals surface area (Å²) in [6, 6.07) is 6.60. The lowest BCUT2D eigenvalue weighted by atomic mass is 9.95. The van der Waals surface area contributed by atoms with Crippen LogP contribution in [0.25, 0.3) is 0 Å². The Morgan fingerprint density at radius 3 is 2.63 bits per heavy atom. The van der Waals surface area contributed by atoms with Crippen molar-refractivity contribution in [3.63, 3.8) is 0 Å². The first-order valence-electron chi connectivity index (χ1n) is 8.92. The topological polar surface area (TPSA) is 102 Å². The summed E-state index contributed by atoms with van der Waals surface area (Å²) >= 11 is 0. The fourth-order valence-corrected chi connectivity index (χ4v) is 2.95. The molecule has 0 fully saturated rings. The SMILES string of the molecule is CC(C)[C@@H](NC(=O)Cn1ccc(=O)[nH]c1=O)c1ccc2c(c1)OCCCO2. The van der Waals surface area contributed by atoms with E-state index in [1.54, 1.807) is 0 Å². The van der Waals surface area contributed by atoms with E-state index in [4.69, 9.17) is 9.47 Å². The second-order valence-corrected chi connectivity index (χ2v) is 6.78. The number of H-pyrrole nitrogens is 1. The average Bonchev–Trinajstić information content (AvgIpc) is 2.86. The summed E-state index contributed by atoms with van der Waals surface area (Å²) in [5.74, 6) is 1.16. The van der Waals surface area contributed by atoms with Crippen LogP contribution in [-0.4, -0.2) is 28.7 Å². The number of nitrogens with zero attached hydrogens (tertiary/aromatic N) is 1. The molecule has 1 aromatic heterocycles. The molecule has 2 heterocycles. The van der Waals surface area contributed by atoms with Crippen molar-refractivity contribution in [2.75, 3.05) is 13.2 Å². The highest BCUT2D eigenvalue weighted by Gasteiger charge is 2.21. The molecule has 0 aliphatic carbocycles. The van der Waals surface area contributed by atoms with Crippen LogP contribution in [0.2, 0.25) is 0 Å². The van der Waals surface area contributed by atoms with Gasteiger partial charge in [0.15, 0.2) is 11.5 Å². The van der Waals surface area contributed by atoms with Crippen LogP contribution in [0.1, 0.15) is 31.9 Å². The maximum absolute atomic E-state index is 12.5. The van der Waals surface area contributed by atoms with E-state index in [-0.39, 0.29) is 24.4 Å². The summed E-state index contributed by atoms with van der Waals surface area (Å²) in [5.41, 5.74) is -0.213. The Morgan fingerprint density at radius 2 is 1.93 bits per heavy atom. The maximum atomic E-state index is 12.5. The Hall–Kier alpha value is -3.03. The zero-order valence-corrected chi connectivity index (χ0v) is 15.4. The predicted octanol–water partition coefficient (Wildman–Crippen LogP) is 1.21. The van der Waals surface area contributed by atoms with Gasteiger partial charge in [-0.3, -0.25) is 19.1 Å².